The highest BCUT2D eigenvalue weighted by atomic mass is 14.9. The first-order chi connectivity index (χ1) is 9.46. The van der Waals surface area contributed by atoms with Crippen molar-refractivity contribution in [2.24, 2.45) is 17.8 Å². The lowest BCUT2D eigenvalue weighted by molar-refractivity contribution is 0.153. The molecular formula is C19H35N. The summed E-state index contributed by atoms with van der Waals surface area (Å²) in [6.07, 6.45) is 9.46. The lowest BCUT2D eigenvalue weighted by Gasteiger charge is -2.38. The van der Waals surface area contributed by atoms with Gasteiger partial charge in [-0.2, -0.15) is 0 Å². The summed E-state index contributed by atoms with van der Waals surface area (Å²) in [5.41, 5.74) is 0.244. The van der Waals surface area contributed by atoms with E-state index in [1.54, 1.807) is 0 Å². The molecule has 0 radical (unpaired) electrons. The zero-order chi connectivity index (χ0) is 15.0. The molecule has 1 nitrogen and oxygen atoms in total. The smallest absolute Gasteiger partial charge is 0.00966 e. The summed E-state index contributed by atoms with van der Waals surface area (Å²) >= 11 is 0. The predicted octanol–water partition coefficient (Wildman–Crippen LogP) is 5.01. The van der Waals surface area contributed by atoms with Gasteiger partial charge in [0, 0.05) is 12.0 Å². The van der Waals surface area contributed by atoms with E-state index in [0.29, 0.717) is 0 Å². The summed E-state index contributed by atoms with van der Waals surface area (Å²) < 4.78 is 0. The van der Waals surface area contributed by atoms with E-state index in [0.717, 1.165) is 24.2 Å². The Kier molecular flexibility index (Phi) is 7.67. The van der Waals surface area contributed by atoms with Gasteiger partial charge in [0.1, 0.15) is 0 Å². The number of hydrogen-bond acceptors (Lipinski definition) is 1. The Morgan fingerprint density at radius 2 is 1.85 bits per heavy atom. The Balaban J connectivity index is 2.52. The van der Waals surface area contributed by atoms with Gasteiger partial charge in [-0.15, -0.1) is 11.8 Å². The molecule has 0 amide bonds. The summed E-state index contributed by atoms with van der Waals surface area (Å²) in [5.74, 6) is 9.04. The number of nitrogens with one attached hydrogen (secondary N) is 1. The standard InChI is InChI=1S/C19H35N/c1-6-8-9-11-17-14-16(10-7-2)12-13-18(17)15-20-19(3,4)5/h16-18,20H,7,9-15H2,1-5H3. The largest absolute Gasteiger partial charge is 0.312 e. The Labute approximate surface area is 127 Å². The van der Waals surface area contributed by atoms with Gasteiger partial charge >= 0.3 is 0 Å². The van der Waals surface area contributed by atoms with Crippen LogP contribution in [-0.4, -0.2) is 12.1 Å². The maximum atomic E-state index is 3.72. The molecule has 1 rings (SSSR count). The average Bonchev–Trinajstić information content (AvgIpc) is 2.37. The van der Waals surface area contributed by atoms with Crippen LogP contribution in [0.3, 0.4) is 0 Å². The van der Waals surface area contributed by atoms with Crippen LogP contribution in [0.15, 0.2) is 0 Å². The highest BCUT2D eigenvalue weighted by Gasteiger charge is 2.30. The lowest BCUT2D eigenvalue weighted by Crippen LogP contribution is -2.42. The average molecular weight is 277 g/mol. The fourth-order valence-corrected chi connectivity index (χ4v) is 3.54. The molecule has 0 aromatic heterocycles. The molecule has 3 atom stereocenters. The van der Waals surface area contributed by atoms with Crippen LogP contribution in [0.1, 0.15) is 79.6 Å². The molecule has 3 unspecified atom stereocenters. The maximum absolute atomic E-state index is 3.72. The van der Waals surface area contributed by atoms with Crippen LogP contribution in [0.2, 0.25) is 0 Å². The lowest BCUT2D eigenvalue weighted by atomic mass is 9.71. The number of hydrogen-bond donors (Lipinski definition) is 1. The quantitative estimate of drug-likeness (QED) is 0.673. The first-order valence-electron chi connectivity index (χ1n) is 8.61. The highest BCUT2D eigenvalue weighted by molar-refractivity contribution is 4.96. The molecule has 0 aromatic rings. The van der Waals surface area contributed by atoms with Gasteiger partial charge in [0.15, 0.2) is 0 Å². The fraction of sp³-hybridized carbons (Fsp3) is 0.895. The molecule has 1 heteroatoms. The van der Waals surface area contributed by atoms with E-state index >= 15 is 0 Å². The van der Waals surface area contributed by atoms with Crippen molar-refractivity contribution in [2.75, 3.05) is 6.54 Å². The molecule has 20 heavy (non-hydrogen) atoms. The molecule has 0 aromatic carbocycles. The molecule has 1 aliphatic rings. The third-order valence-electron chi connectivity index (χ3n) is 4.66. The second-order valence-electron chi connectivity index (χ2n) is 7.58. The predicted molar refractivity (Wildman–Crippen MR) is 89.7 cm³/mol. The third kappa shape index (κ3) is 6.80. The van der Waals surface area contributed by atoms with Crippen LogP contribution < -0.4 is 5.32 Å². The minimum atomic E-state index is 0.244. The van der Waals surface area contributed by atoms with Gasteiger partial charge in [0.25, 0.3) is 0 Å². The van der Waals surface area contributed by atoms with Crippen LogP contribution >= 0.6 is 0 Å². The van der Waals surface area contributed by atoms with Gasteiger partial charge < -0.3 is 5.32 Å². The molecule has 1 fully saturated rings. The molecule has 0 aliphatic heterocycles. The molecule has 0 bridgehead atoms. The minimum absolute atomic E-state index is 0.244. The zero-order valence-corrected chi connectivity index (χ0v) is 14.4. The molecule has 0 spiro atoms. The summed E-state index contributed by atoms with van der Waals surface area (Å²) in [5, 5.41) is 3.72. The van der Waals surface area contributed by atoms with Crippen LogP contribution in [0, 0.1) is 29.6 Å². The van der Waals surface area contributed by atoms with Crippen molar-refractivity contribution in [3.63, 3.8) is 0 Å². The van der Waals surface area contributed by atoms with Crippen molar-refractivity contribution >= 4 is 0 Å². The van der Waals surface area contributed by atoms with Crippen molar-refractivity contribution in [1.29, 1.82) is 0 Å². The molecule has 0 saturated heterocycles. The van der Waals surface area contributed by atoms with Gasteiger partial charge in [0.2, 0.25) is 0 Å². The Bertz CT molecular complexity index is 315. The van der Waals surface area contributed by atoms with Crippen LogP contribution in [-0.2, 0) is 0 Å². The first kappa shape index (κ1) is 17.6. The molecule has 1 N–H and O–H groups in total. The SMILES string of the molecule is CC#CCCC1CC(CCC)CCC1CNC(C)(C)C. The normalized spacial score (nSPS) is 26.9. The molecule has 1 aliphatic carbocycles. The van der Waals surface area contributed by atoms with Crippen molar-refractivity contribution in [2.45, 2.75) is 85.1 Å². The Hall–Kier alpha value is -0.480. The maximum Gasteiger partial charge on any atom is 0.00966 e. The summed E-state index contributed by atoms with van der Waals surface area (Å²) in [6.45, 7) is 12.3. The van der Waals surface area contributed by atoms with Crippen molar-refractivity contribution in [3.05, 3.63) is 0 Å². The molecule has 0 heterocycles. The minimum Gasteiger partial charge on any atom is -0.312 e. The zero-order valence-electron chi connectivity index (χ0n) is 14.4. The van der Waals surface area contributed by atoms with Gasteiger partial charge in [0.05, 0.1) is 0 Å². The van der Waals surface area contributed by atoms with E-state index in [1.165, 1.54) is 45.1 Å². The Morgan fingerprint density at radius 3 is 2.45 bits per heavy atom. The molecule has 116 valence electrons. The number of rotatable bonds is 6. The van der Waals surface area contributed by atoms with Crippen LogP contribution in [0.5, 0.6) is 0 Å². The second kappa shape index (κ2) is 8.73. The van der Waals surface area contributed by atoms with Gasteiger partial charge in [-0.05, 0) is 71.3 Å². The third-order valence-corrected chi connectivity index (χ3v) is 4.66. The first-order valence-corrected chi connectivity index (χ1v) is 8.61. The monoisotopic (exact) mass is 277 g/mol. The summed E-state index contributed by atoms with van der Waals surface area (Å²) in [7, 11) is 0. The molecular weight excluding hydrogens is 242 g/mol. The van der Waals surface area contributed by atoms with Gasteiger partial charge in [-0.25, -0.2) is 0 Å². The second-order valence-corrected chi connectivity index (χ2v) is 7.58. The van der Waals surface area contributed by atoms with Gasteiger partial charge in [-0.1, -0.05) is 26.2 Å². The van der Waals surface area contributed by atoms with E-state index in [2.05, 4.69) is 44.9 Å². The van der Waals surface area contributed by atoms with E-state index < -0.39 is 0 Å². The Morgan fingerprint density at radius 1 is 1.10 bits per heavy atom. The van der Waals surface area contributed by atoms with E-state index in [4.69, 9.17) is 0 Å². The van der Waals surface area contributed by atoms with Crippen LogP contribution in [0.25, 0.3) is 0 Å². The molecule has 1 saturated carbocycles. The fourth-order valence-electron chi connectivity index (χ4n) is 3.54. The van der Waals surface area contributed by atoms with Crippen molar-refractivity contribution < 1.29 is 0 Å². The van der Waals surface area contributed by atoms with Crippen molar-refractivity contribution in [1.82, 2.24) is 5.32 Å². The van der Waals surface area contributed by atoms with Crippen molar-refractivity contribution in [3.8, 4) is 11.8 Å². The highest BCUT2D eigenvalue weighted by Crippen LogP contribution is 2.38. The van der Waals surface area contributed by atoms with E-state index in [-0.39, 0.29) is 5.54 Å². The van der Waals surface area contributed by atoms with E-state index in [1.807, 2.05) is 6.92 Å². The summed E-state index contributed by atoms with van der Waals surface area (Å²) in [4.78, 5) is 0. The summed E-state index contributed by atoms with van der Waals surface area (Å²) in [6, 6.07) is 0. The van der Waals surface area contributed by atoms with Crippen LogP contribution in [0.4, 0.5) is 0 Å². The topological polar surface area (TPSA) is 12.0 Å². The van der Waals surface area contributed by atoms with Gasteiger partial charge in [-0.3, -0.25) is 0 Å². The van der Waals surface area contributed by atoms with E-state index in [9.17, 15) is 0 Å².